The number of methoxy groups -OCH3 is 2. The summed E-state index contributed by atoms with van der Waals surface area (Å²) in [6, 6.07) is 9.29. The minimum absolute atomic E-state index is 0.224. The van der Waals surface area contributed by atoms with Crippen LogP contribution in [0.5, 0.6) is 5.75 Å². The molecule has 0 saturated carbocycles. The molecule has 2 rings (SSSR count). The Labute approximate surface area is 151 Å². The van der Waals surface area contributed by atoms with E-state index >= 15 is 0 Å². The van der Waals surface area contributed by atoms with Crippen molar-refractivity contribution in [2.24, 2.45) is 0 Å². The molecule has 0 heterocycles. The fraction of sp³-hybridized carbons (Fsp3) is 0.263. The van der Waals surface area contributed by atoms with Gasteiger partial charge in [-0.2, -0.15) is 0 Å². The van der Waals surface area contributed by atoms with Crippen LogP contribution in [0, 0.1) is 12.7 Å². The van der Waals surface area contributed by atoms with Crippen molar-refractivity contribution in [2.45, 2.75) is 20.0 Å². The quantitative estimate of drug-likeness (QED) is 0.777. The number of hydrogen-bond donors (Lipinski definition) is 2. The number of ether oxygens (including phenoxy) is 2. The van der Waals surface area contributed by atoms with E-state index < -0.39 is 5.97 Å². The van der Waals surface area contributed by atoms with E-state index in [1.165, 1.54) is 20.3 Å². The van der Waals surface area contributed by atoms with Crippen molar-refractivity contribution >= 4 is 12.0 Å². The van der Waals surface area contributed by atoms with Crippen molar-refractivity contribution in [3.8, 4) is 5.75 Å². The lowest BCUT2D eigenvalue weighted by molar-refractivity contribution is 0.0597. The van der Waals surface area contributed by atoms with Gasteiger partial charge in [0.15, 0.2) is 0 Å². The van der Waals surface area contributed by atoms with Crippen molar-refractivity contribution in [2.75, 3.05) is 14.2 Å². The van der Waals surface area contributed by atoms with Gasteiger partial charge in [0, 0.05) is 13.1 Å². The number of esters is 1. The predicted octanol–water partition coefficient (Wildman–Crippen LogP) is 2.93. The smallest absolute Gasteiger partial charge is 0.341 e. The zero-order valence-electron chi connectivity index (χ0n) is 14.9. The SMILES string of the molecule is COC(=O)c1cc(CNC(=O)NCc2ccc(F)c(C)c2)ccc1OC. The first-order valence-electron chi connectivity index (χ1n) is 7.96. The summed E-state index contributed by atoms with van der Waals surface area (Å²) in [5.74, 6) is -0.393. The number of rotatable bonds is 6. The number of nitrogens with one attached hydrogen (secondary N) is 2. The molecular weight excluding hydrogens is 339 g/mol. The molecule has 0 aliphatic rings. The molecule has 0 aliphatic carbocycles. The van der Waals surface area contributed by atoms with Gasteiger partial charge in [-0.3, -0.25) is 0 Å². The van der Waals surface area contributed by atoms with Gasteiger partial charge in [-0.1, -0.05) is 18.2 Å². The maximum absolute atomic E-state index is 13.2. The number of aryl methyl sites for hydroxylation is 1. The molecule has 26 heavy (non-hydrogen) atoms. The summed E-state index contributed by atoms with van der Waals surface area (Å²) in [7, 11) is 2.75. The number of urea groups is 1. The van der Waals surface area contributed by atoms with E-state index in [1.54, 1.807) is 37.3 Å². The largest absolute Gasteiger partial charge is 0.496 e. The zero-order chi connectivity index (χ0) is 19.1. The Bertz CT molecular complexity index is 808. The second kappa shape index (κ2) is 8.84. The fourth-order valence-electron chi connectivity index (χ4n) is 2.38. The van der Waals surface area contributed by atoms with Gasteiger partial charge in [0.25, 0.3) is 0 Å². The number of benzene rings is 2. The molecule has 0 unspecified atom stereocenters. The first kappa shape index (κ1) is 19.2. The summed E-state index contributed by atoms with van der Waals surface area (Å²) in [6.45, 7) is 2.17. The standard InChI is InChI=1S/C19H21FN2O4/c1-12-8-13(4-6-16(12)20)10-21-19(24)22-11-14-5-7-17(25-2)15(9-14)18(23)26-3/h4-9H,10-11H2,1-3H3,(H2,21,22,24). The first-order valence-corrected chi connectivity index (χ1v) is 7.96. The van der Waals surface area contributed by atoms with Crippen molar-refractivity contribution in [1.29, 1.82) is 0 Å². The van der Waals surface area contributed by atoms with Crippen molar-refractivity contribution in [1.82, 2.24) is 10.6 Å². The highest BCUT2D eigenvalue weighted by Crippen LogP contribution is 2.20. The van der Waals surface area contributed by atoms with E-state index in [0.717, 1.165) is 11.1 Å². The minimum atomic E-state index is -0.514. The molecule has 0 radical (unpaired) electrons. The van der Waals surface area contributed by atoms with Crippen LogP contribution in [-0.4, -0.2) is 26.2 Å². The van der Waals surface area contributed by atoms with Crippen molar-refractivity contribution in [3.05, 3.63) is 64.5 Å². The van der Waals surface area contributed by atoms with Crippen LogP contribution >= 0.6 is 0 Å². The molecule has 138 valence electrons. The Balaban J connectivity index is 1.92. The van der Waals surface area contributed by atoms with Crippen molar-refractivity contribution < 1.29 is 23.5 Å². The number of amides is 2. The summed E-state index contributed by atoms with van der Waals surface area (Å²) >= 11 is 0. The van der Waals surface area contributed by atoms with E-state index in [9.17, 15) is 14.0 Å². The molecule has 0 aromatic heterocycles. The molecule has 2 amide bonds. The van der Waals surface area contributed by atoms with Crippen LogP contribution in [0.15, 0.2) is 36.4 Å². The third-order valence-corrected chi connectivity index (χ3v) is 3.80. The van der Waals surface area contributed by atoms with E-state index in [1.807, 2.05) is 0 Å². The van der Waals surface area contributed by atoms with Crippen LogP contribution in [0.25, 0.3) is 0 Å². The molecule has 0 aliphatic heterocycles. The summed E-state index contributed by atoms with van der Waals surface area (Å²) < 4.78 is 23.1. The molecule has 2 N–H and O–H groups in total. The van der Waals surface area contributed by atoms with Crippen LogP contribution in [0.4, 0.5) is 9.18 Å². The lowest BCUT2D eigenvalue weighted by atomic mass is 10.1. The van der Waals surface area contributed by atoms with Crippen LogP contribution < -0.4 is 15.4 Å². The number of carbonyl (C=O) groups excluding carboxylic acids is 2. The second-order valence-corrected chi connectivity index (χ2v) is 5.65. The lowest BCUT2D eigenvalue weighted by Crippen LogP contribution is -2.34. The summed E-state index contributed by atoms with van der Waals surface area (Å²) in [5.41, 5.74) is 2.34. The summed E-state index contributed by atoms with van der Waals surface area (Å²) in [5, 5.41) is 5.40. The molecule has 0 fully saturated rings. The topological polar surface area (TPSA) is 76.7 Å². The van der Waals surface area contributed by atoms with Gasteiger partial charge in [0.05, 0.1) is 14.2 Å². The summed E-state index contributed by atoms with van der Waals surface area (Å²) in [4.78, 5) is 23.7. The highest BCUT2D eigenvalue weighted by atomic mass is 19.1. The number of hydrogen-bond acceptors (Lipinski definition) is 4. The Morgan fingerprint density at radius 2 is 1.62 bits per heavy atom. The third-order valence-electron chi connectivity index (χ3n) is 3.80. The van der Waals surface area contributed by atoms with E-state index in [-0.39, 0.29) is 30.5 Å². The molecule has 0 atom stereocenters. The highest BCUT2D eigenvalue weighted by molar-refractivity contribution is 5.92. The molecule has 2 aromatic carbocycles. The lowest BCUT2D eigenvalue weighted by Gasteiger charge is -2.11. The van der Waals surface area contributed by atoms with Crippen LogP contribution in [-0.2, 0) is 17.8 Å². The molecule has 0 bridgehead atoms. The average molecular weight is 360 g/mol. The monoisotopic (exact) mass is 360 g/mol. The molecule has 0 spiro atoms. The zero-order valence-corrected chi connectivity index (χ0v) is 14.9. The Hall–Kier alpha value is -3.09. The molecule has 0 saturated heterocycles. The van der Waals surface area contributed by atoms with Crippen LogP contribution in [0.3, 0.4) is 0 Å². The van der Waals surface area contributed by atoms with Crippen LogP contribution in [0.2, 0.25) is 0 Å². The molecule has 7 heteroatoms. The maximum atomic E-state index is 13.2. The predicted molar refractivity (Wildman–Crippen MR) is 94.5 cm³/mol. The summed E-state index contributed by atoms with van der Waals surface area (Å²) in [6.07, 6.45) is 0. The second-order valence-electron chi connectivity index (χ2n) is 5.65. The Morgan fingerprint density at radius 1 is 1.00 bits per heavy atom. The minimum Gasteiger partial charge on any atom is -0.496 e. The Kier molecular flexibility index (Phi) is 6.54. The Morgan fingerprint density at radius 3 is 2.19 bits per heavy atom. The average Bonchev–Trinajstić information content (AvgIpc) is 2.66. The fourth-order valence-corrected chi connectivity index (χ4v) is 2.38. The van der Waals surface area contributed by atoms with E-state index in [4.69, 9.17) is 9.47 Å². The number of carbonyl (C=O) groups is 2. The van der Waals surface area contributed by atoms with Gasteiger partial charge in [0.1, 0.15) is 17.1 Å². The van der Waals surface area contributed by atoms with Gasteiger partial charge in [-0.25, -0.2) is 14.0 Å². The highest BCUT2D eigenvalue weighted by Gasteiger charge is 2.13. The van der Waals surface area contributed by atoms with Crippen molar-refractivity contribution in [3.63, 3.8) is 0 Å². The van der Waals surface area contributed by atoms with Crippen LogP contribution in [0.1, 0.15) is 27.0 Å². The molecule has 6 nitrogen and oxygen atoms in total. The molecular formula is C19H21FN2O4. The number of halogens is 1. The van der Waals surface area contributed by atoms with Gasteiger partial charge in [-0.05, 0) is 41.8 Å². The normalized spacial score (nSPS) is 10.2. The third kappa shape index (κ3) is 4.95. The van der Waals surface area contributed by atoms with Gasteiger partial charge in [0.2, 0.25) is 0 Å². The van der Waals surface area contributed by atoms with Gasteiger partial charge >= 0.3 is 12.0 Å². The maximum Gasteiger partial charge on any atom is 0.341 e. The van der Waals surface area contributed by atoms with E-state index in [0.29, 0.717) is 11.3 Å². The first-order chi connectivity index (χ1) is 12.4. The van der Waals surface area contributed by atoms with Gasteiger partial charge in [-0.15, -0.1) is 0 Å². The van der Waals surface area contributed by atoms with Gasteiger partial charge < -0.3 is 20.1 Å². The van der Waals surface area contributed by atoms with E-state index in [2.05, 4.69) is 10.6 Å². The molecule has 2 aromatic rings.